The summed E-state index contributed by atoms with van der Waals surface area (Å²) in [6, 6.07) is 8.48. The van der Waals surface area contributed by atoms with Crippen molar-refractivity contribution >= 4 is 0 Å². The molecule has 104 valence electrons. The van der Waals surface area contributed by atoms with Crippen LogP contribution in [0.2, 0.25) is 0 Å². The van der Waals surface area contributed by atoms with Crippen LogP contribution >= 0.6 is 0 Å². The first-order valence-electron chi connectivity index (χ1n) is 6.29. The van der Waals surface area contributed by atoms with E-state index < -0.39 is 0 Å². The number of hydrogen-bond acceptors (Lipinski definition) is 4. The van der Waals surface area contributed by atoms with Crippen molar-refractivity contribution in [2.24, 2.45) is 5.73 Å². The molecule has 0 heterocycles. The van der Waals surface area contributed by atoms with Gasteiger partial charge in [0.1, 0.15) is 5.82 Å². The van der Waals surface area contributed by atoms with E-state index in [2.05, 4.69) is 6.07 Å². The van der Waals surface area contributed by atoms with Gasteiger partial charge in [0.25, 0.3) is 0 Å². The Morgan fingerprint density at radius 1 is 1.42 bits per heavy atom. The number of halogens is 1. The van der Waals surface area contributed by atoms with Gasteiger partial charge in [0.15, 0.2) is 0 Å². The van der Waals surface area contributed by atoms with E-state index in [-0.39, 0.29) is 11.9 Å². The molecule has 0 spiro atoms. The first kappa shape index (κ1) is 15.6. The predicted molar refractivity (Wildman–Crippen MR) is 71.9 cm³/mol. The Morgan fingerprint density at radius 2 is 2.16 bits per heavy atom. The minimum absolute atomic E-state index is 0.232. The molecule has 0 aromatic heterocycles. The molecule has 1 aromatic rings. The smallest absolute Gasteiger partial charge is 0.128 e. The third kappa shape index (κ3) is 4.60. The zero-order valence-electron chi connectivity index (χ0n) is 11.2. The highest BCUT2D eigenvalue weighted by atomic mass is 19.1. The van der Waals surface area contributed by atoms with Gasteiger partial charge in [0.2, 0.25) is 0 Å². The van der Waals surface area contributed by atoms with E-state index in [1.54, 1.807) is 25.3 Å². The van der Waals surface area contributed by atoms with Crippen LogP contribution in [-0.4, -0.2) is 38.3 Å². The zero-order valence-corrected chi connectivity index (χ0v) is 11.2. The van der Waals surface area contributed by atoms with E-state index in [1.165, 1.54) is 6.07 Å². The first-order chi connectivity index (χ1) is 9.24. The third-order valence-corrected chi connectivity index (χ3v) is 3.02. The van der Waals surface area contributed by atoms with Crippen molar-refractivity contribution in [3.05, 3.63) is 35.6 Å². The summed E-state index contributed by atoms with van der Waals surface area (Å²) in [5, 5.41) is 8.71. The predicted octanol–water partition coefficient (Wildman–Crippen LogP) is 1.69. The van der Waals surface area contributed by atoms with E-state index in [0.29, 0.717) is 38.2 Å². The molecule has 0 aliphatic carbocycles. The standard InChI is InChI=1S/C14H20FN3O/c1-19-10-9-18(8-4-7-16)14(11-17)12-5-2-3-6-13(12)15/h2-3,5-6,14H,4,8-11,17H2,1H3. The number of methoxy groups -OCH3 is 1. The summed E-state index contributed by atoms with van der Waals surface area (Å²) in [6.45, 7) is 2.00. The van der Waals surface area contributed by atoms with Gasteiger partial charge in [0, 0.05) is 38.7 Å². The van der Waals surface area contributed by atoms with Gasteiger partial charge in [-0.05, 0) is 6.07 Å². The molecule has 2 N–H and O–H groups in total. The SMILES string of the molecule is COCCN(CCC#N)C(CN)c1ccccc1F. The van der Waals surface area contributed by atoms with Crippen LogP contribution in [0, 0.1) is 17.1 Å². The minimum Gasteiger partial charge on any atom is -0.383 e. The number of rotatable bonds is 8. The quantitative estimate of drug-likeness (QED) is 0.777. The average molecular weight is 265 g/mol. The second-order valence-corrected chi connectivity index (χ2v) is 4.21. The molecule has 1 aromatic carbocycles. The first-order valence-corrected chi connectivity index (χ1v) is 6.29. The highest BCUT2D eigenvalue weighted by Crippen LogP contribution is 2.22. The Labute approximate surface area is 113 Å². The summed E-state index contributed by atoms with van der Waals surface area (Å²) >= 11 is 0. The Hall–Kier alpha value is -1.48. The maximum Gasteiger partial charge on any atom is 0.128 e. The fourth-order valence-corrected chi connectivity index (χ4v) is 2.04. The maximum atomic E-state index is 13.9. The molecule has 0 aliphatic heterocycles. The molecule has 5 heteroatoms. The molecular formula is C14H20FN3O. The van der Waals surface area contributed by atoms with Crippen molar-refractivity contribution in [3.8, 4) is 6.07 Å². The lowest BCUT2D eigenvalue weighted by Gasteiger charge is -2.30. The number of ether oxygens (including phenoxy) is 1. The van der Waals surface area contributed by atoms with Crippen LogP contribution < -0.4 is 5.73 Å². The molecule has 0 bridgehead atoms. The number of hydrogen-bond donors (Lipinski definition) is 1. The second-order valence-electron chi connectivity index (χ2n) is 4.21. The van der Waals surface area contributed by atoms with Gasteiger partial charge in [-0.15, -0.1) is 0 Å². The van der Waals surface area contributed by atoms with Crippen molar-refractivity contribution in [1.29, 1.82) is 5.26 Å². The third-order valence-electron chi connectivity index (χ3n) is 3.02. The molecule has 1 atom stereocenters. The minimum atomic E-state index is -0.266. The highest BCUT2D eigenvalue weighted by molar-refractivity contribution is 5.21. The summed E-state index contributed by atoms with van der Waals surface area (Å²) in [6.07, 6.45) is 0.384. The Balaban J connectivity index is 2.88. The van der Waals surface area contributed by atoms with E-state index in [4.69, 9.17) is 15.7 Å². The summed E-state index contributed by atoms with van der Waals surface area (Å²) in [5.74, 6) is -0.266. The normalized spacial score (nSPS) is 12.4. The molecule has 1 rings (SSSR count). The fourth-order valence-electron chi connectivity index (χ4n) is 2.04. The number of benzene rings is 1. The molecular weight excluding hydrogens is 245 g/mol. The molecule has 19 heavy (non-hydrogen) atoms. The lowest BCUT2D eigenvalue weighted by molar-refractivity contribution is 0.122. The molecule has 4 nitrogen and oxygen atoms in total. The van der Waals surface area contributed by atoms with Crippen molar-refractivity contribution in [3.63, 3.8) is 0 Å². The van der Waals surface area contributed by atoms with Crippen LogP contribution in [0.4, 0.5) is 4.39 Å². The molecule has 1 unspecified atom stereocenters. The van der Waals surface area contributed by atoms with Crippen molar-refractivity contribution in [2.45, 2.75) is 12.5 Å². The summed E-state index contributed by atoms with van der Waals surface area (Å²) < 4.78 is 18.9. The Bertz CT molecular complexity index is 419. The van der Waals surface area contributed by atoms with Gasteiger partial charge in [-0.3, -0.25) is 4.90 Å². The Kier molecular flexibility index (Phi) is 7.04. The fraction of sp³-hybridized carbons (Fsp3) is 0.500. The van der Waals surface area contributed by atoms with Crippen molar-refractivity contribution in [1.82, 2.24) is 4.90 Å². The van der Waals surface area contributed by atoms with Gasteiger partial charge >= 0.3 is 0 Å². The number of nitrogens with two attached hydrogens (primary N) is 1. The molecule has 0 radical (unpaired) electrons. The van der Waals surface area contributed by atoms with Gasteiger partial charge in [-0.1, -0.05) is 18.2 Å². The maximum absolute atomic E-state index is 13.9. The van der Waals surface area contributed by atoms with Crippen LogP contribution in [-0.2, 0) is 4.74 Å². The van der Waals surface area contributed by atoms with Gasteiger partial charge in [-0.25, -0.2) is 4.39 Å². The second kappa shape index (κ2) is 8.59. The summed E-state index contributed by atoms with van der Waals surface area (Å²) in [7, 11) is 1.61. The number of nitriles is 1. The molecule has 0 amide bonds. The van der Waals surface area contributed by atoms with Crippen LogP contribution in [0.5, 0.6) is 0 Å². The highest BCUT2D eigenvalue weighted by Gasteiger charge is 2.21. The van der Waals surface area contributed by atoms with Gasteiger partial charge in [-0.2, -0.15) is 5.26 Å². The summed E-state index contributed by atoms with van der Waals surface area (Å²) in [4.78, 5) is 1.99. The molecule has 0 saturated carbocycles. The van der Waals surface area contributed by atoms with Crippen LogP contribution in [0.1, 0.15) is 18.0 Å². The largest absolute Gasteiger partial charge is 0.383 e. The lowest BCUT2D eigenvalue weighted by Crippen LogP contribution is -2.37. The average Bonchev–Trinajstić information content (AvgIpc) is 2.43. The number of nitrogens with zero attached hydrogens (tertiary/aromatic N) is 2. The van der Waals surface area contributed by atoms with E-state index in [9.17, 15) is 4.39 Å². The van der Waals surface area contributed by atoms with Crippen molar-refractivity contribution < 1.29 is 9.13 Å². The molecule has 0 aliphatic rings. The zero-order chi connectivity index (χ0) is 14.1. The molecule has 0 saturated heterocycles. The van der Waals surface area contributed by atoms with E-state index in [1.807, 2.05) is 4.90 Å². The van der Waals surface area contributed by atoms with E-state index in [0.717, 1.165) is 0 Å². The van der Waals surface area contributed by atoms with Crippen LogP contribution in [0.25, 0.3) is 0 Å². The Morgan fingerprint density at radius 3 is 2.74 bits per heavy atom. The molecule has 0 fully saturated rings. The van der Waals surface area contributed by atoms with Gasteiger partial charge in [0.05, 0.1) is 18.7 Å². The van der Waals surface area contributed by atoms with Crippen LogP contribution in [0.15, 0.2) is 24.3 Å². The van der Waals surface area contributed by atoms with E-state index >= 15 is 0 Å². The summed E-state index contributed by atoms with van der Waals surface area (Å²) in [5.41, 5.74) is 6.35. The van der Waals surface area contributed by atoms with Crippen molar-refractivity contribution in [2.75, 3.05) is 33.4 Å². The monoisotopic (exact) mass is 265 g/mol. The van der Waals surface area contributed by atoms with Gasteiger partial charge < -0.3 is 10.5 Å². The topological polar surface area (TPSA) is 62.3 Å². The lowest BCUT2D eigenvalue weighted by atomic mass is 10.0. The van der Waals surface area contributed by atoms with Crippen LogP contribution in [0.3, 0.4) is 0 Å².